The van der Waals surface area contributed by atoms with Gasteiger partial charge in [-0.05, 0) is 16.8 Å². The molecule has 0 spiro atoms. The van der Waals surface area contributed by atoms with Gasteiger partial charge < -0.3 is 10.7 Å². The number of anilines is 1. The molecule has 3 aromatic rings. The van der Waals surface area contributed by atoms with Crippen LogP contribution in [0.5, 0.6) is 0 Å². The summed E-state index contributed by atoms with van der Waals surface area (Å²) in [4.78, 5) is 3.60. The zero-order valence-electron chi connectivity index (χ0n) is 11.7. The summed E-state index contributed by atoms with van der Waals surface area (Å²) >= 11 is 0. The number of nitrogens with two attached hydrogens (primary N) is 1. The van der Waals surface area contributed by atoms with Gasteiger partial charge in [0.1, 0.15) is 11.4 Å². The number of rotatable bonds is 0. The standard InChI is InChI=1S/C16H15N5/c1-20-10-11-6-2-3-7-12(11)16-15(18-19-21(16)17)13-8-4-5-9-14(13)20/h2-9H,10,17H2,1H3. The van der Waals surface area contributed by atoms with Crippen molar-refractivity contribution in [3.8, 4) is 22.5 Å². The Balaban J connectivity index is 2.11. The highest BCUT2D eigenvalue weighted by Crippen LogP contribution is 2.39. The van der Waals surface area contributed by atoms with Crippen molar-refractivity contribution < 1.29 is 0 Å². The number of para-hydroxylation sites is 1. The third-order valence-corrected chi connectivity index (χ3v) is 3.94. The Morgan fingerprint density at radius 3 is 2.57 bits per heavy atom. The molecule has 2 N–H and O–H groups in total. The monoisotopic (exact) mass is 277 g/mol. The zero-order valence-corrected chi connectivity index (χ0v) is 11.7. The van der Waals surface area contributed by atoms with E-state index in [1.54, 1.807) is 0 Å². The minimum absolute atomic E-state index is 0.817. The molecule has 0 amide bonds. The van der Waals surface area contributed by atoms with E-state index in [0.717, 1.165) is 34.7 Å². The van der Waals surface area contributed by atoms with E-state index >= 15 is 0 Å². The van der Waals surface area contributed by atoms with Gasteiger partial charge in [-0.15, -0.1) is 5.10 Å². The van der Waals surface area contributed by atoms with Crippen molar-refractivity contribution in [1.29, 1.82) is 0 Å². The van der Waals surface area contributed by atoms with E-state index in [9.17, 15) is 0 Å². The van der Waals surface area contributed by atoms with Gasteiger partial charge in [0.25, 0.3) is 0 Å². The van der Waals surface area contributed by atoms with Crippen molar-refractivity contribution >= 4 is 5.69 Å². The van der Waals surface area contributed by atoms with E-state index in [-0.39, 0.29) is 0 Å². The summed E-state index contributed by atoms with van der Waals surface area (Å²) in [5, 5.41) is 8.32. The summed E-state index contributed by atoms with van der Waals surface area (Å²) in [7, 11) is 2.09. The molecule has 0 radical (unpaired) electrons. The molecule has 4 rings (SSSR count). The molecule has 1 aromatic heterocycles. The van der Waals surface area contributed by atoms with Crippen molar-refractivity contribution in [2.75, 3.05) is 17.8 Å². The maximum absolute atomic E-state index is 6.02. The summed E-state index contributed by atoms with van der Waals surface area (Å²) in [5.41, 5.74) is 6.18. The van der Waals surface area contributed by atoms with Gasteiger partial charge in [0.05, 0.1) is 0 Å². The molecule has 0 saturated heterocycles. The van der Waals surface area contributed by atoms with Gasteiger partial charge >= 0.3 is 0 Å². The lowest BCUT2D eigenvalue weighted by Gasteiger charge is -2.26. The molecule has 0 fully saturated rings. The van der Waals surface area contributed by atoms with Crippen molar-refractivity contribution in [3.63, 3.8) is 0 Å². The summed E-state index contributed by atoms with van der Waals surface area (Å²) in [5.74, 6) is 6.02. The number of hydrogen-bond donors (Lipinski definition) is 1. The number of nitrogen functional groups attached to an aromatic ring is 1. The first-order valence-electron chi connectivity index (χ1n) is 6.85. The molecule has 0 bridgehead atoms. The van der Waals surface area contributed by atoms with Crippen molar-refractivity contribution in [3.05, 3.63) is 54.1 Å². The second-order valence-corrected chi connectivity index (χ2v) is 5.26. The first-order valence-corrected chi connectivity index (χ1v) is 6.85. The molecule has 5 nitrogen and oxygen atoms in total. The molecule has 0 aliphatic carbocycles. The predicted molar refractivity (Wildman–Crippen MR) is 83.2 cm³/mol. The average Bonchev–Trinajstić information content (AvgIpc) is 2.88. The smallest absolute Gasteiger partial charge is 0.125 e. The first-order chi connectivity index (χ1) is 10.3. The second-order valence-electron chi connectivity index (χ2n) is 5.26. The average molecular weight is 277 g/mol. The SMILES string of the molecule is CN1Cc2ccccc2-c2c(nnn2N)-c2ccccc21. The molecule has 2 aromatic carbocycles. The zero-order chi connectivity index (χ0) is 14.4. The fourth-order valence-electron chi connectivity index (χ4n) is 2.96. The third-order valence-electron chi connectivity index (χ3n) is 3.94. The van der Waals surface area contributed by atoms with E-state index in [1.807, 2.05) is 24.3 Å². The molecule has 5 heteroatoms. The molecule has 1 aliphatic heterocycles. The molecule has 0 atom stereocenters. The molecule has 21 heavy (non-hydrogen) atoms. The Labute approximate surface area is 122 Å². The van der Waals surface area contributed by atoms with Crippen molar-refractivity contribution in [2.45, 2.75) is 6.54 Å². The maximum atomic E-state index is 6.02. The van der Waals surface area contributed by atoms with Crippen molar-refractivity contribution in [2.24, 2.45) is 0 Å². The highest BCUT2D eigenvalue weighted by molar-refractivity contribution is 5.87. The van der Waals surface area contributed by atoms with Crippen LogP contribution in [0.25, 0.3) is 22.5 Å². The Bertz CT molecular complexity index is 821. The lowest BCUT2D eigenvalue weighted by atomic mass is 9.96. The van der Waals surface area contributed by atoms with E-state index in [1.165, 1.54) is 10.4 Å². The van der Waals surface area contributed by atoms with Crippen LogP contribution in [-0.2, 0) is 6.54 Å². The minimum Gasteiger partial charge on any atom is -0.370 e. The number of fused-ring (bicyclic) bond motifs is 5. The van der Waals surface area contributed by atoms with Gasteiger partial charge in [0.2, 0.25) is 0 Å². The van der Waals surface area contributed by atoms with Crippen LogP contribution < -0.4 is 10.7 Å². The van der Waals surface area contributed by atoms with Crippen LogP contribution in [0, 0.1) is 0 Å². The number of hydrogen-bond acceptors (Lipinski definition) is 4. The molecular formula is C16H15N5. The third kappa shape index (κ3) is 1.71. The Kier molecular flexibility index (Phi) is 2.47. The van der Waals surface area contributed by atoms with Crippen LogP contribution in [0.3, 0.4) is 0 Å². The number of aromatic nitrogens is 3. The van der Waals surface area contributed by atoms with Gasteiger partial charge in [-0.25, -0.2) is 0 Å². The van der Waals surface area contributed by atoms with Gasteiger partial charge in [-0.2, -0.15) is 4.79 Å². The Hall–Kier alpha value is -2.82. The van der Waals surface area contributed by atoms with Crippen LogP contribution in [0.1, 0.15) is 5.56 Å². The lowest BCUT2D eigenvalue weighted by Crippen LogP contribution is -2.20. The van der Waals surface area contributed by atoms with Gasteiger partial charge in [-0.1, -0.05) is 42.5 Å². The van der Waals surface area contributed by atoms with Gasteiger partial charge in [-0.3, -0.25) is 0 Å². The normalized spacial score (nSPS) is 12.9. The van der Waals surface area contributed by atoms with Crippen LogP contribution >= 0.6 is 0 Å². The summed E-state index contributed by atoms with van der Waals surface area (Å²) in [6, 6.07) is 16.5. The largest absolute Gasteiger partial charge is 0.370 e. The Morgan fingerprint density at radius 1 is 1.00 bits per heavy atom. The highest BCUT2D eigenvalue weighted by atomic mass is 15.6. The quantitative estimate of drug-likeness (QED) is 0.640. The molecule has 1 aliphatic rings. The lowest BCUT2D eigenvalue weighted by molar-refractivity contribution is 0.770. The second kappa shape index (κ2) is 4.34. The Morgan fingerprint density at radius 2 is 1.71 bits per heavy atom. The predicted octanol–water partition coefficient (Wildman–Crippen LogP) is 2.28. The topological polar surface area (TPSA) is 60.0 Å². The molecule has 0 saturated carbocycles. The van der Waals surface area contributed by atoms with E-state index in [0.29, 0.717) is 0 Å². The van der Waals surface area contributed by atoms with E-state index < -0.39 is 0 Å². The maximum Gasteiger partial charge on any atom is 0.125 e. The summed E-state index contributed by atoms with van der Waals surface area (Å²) in [6.45, 7) is 0.817. The minimum atomic E-state index is 0.817. The van der Waals surface area contributed by atoms with Crippen molar-refractivity contribution in [1.82, 2.24) is 15.1 Å². The van der Waals surface area contributed by atoms with E-state index in [4.69, 9.17) is 5.84 Å². The summed E-state index contributed by atoms with van der Waals surface area (Å²) in [6.07, 6.45) is 0. The molecular weight excluding hydrogens is 262 g/mol. The van der Waals surface area contributed by atoms with Gasteiger partial charge in [0, 0.05) is 30.4 Å². The summed E-state index contributed by atoms with van der Waals surface area (Å²) < 4.78 is 0. The van der Waals surface area contributed by atoms with E-state index in [2.05, 4.69) is 46.5 Å². The number of benzene rings is 2. The van der Waals surface area contributed by atoms with Crippen LogP contribution in [0.4, 0.5) is 5.69 Å². The van der Waals surface area contributed by atoms with Gasteiger partial charge in [0.15, 0.2) is 0 Å². The van der Waals surface area contributed by atoms with Crippen LogP contribution in [0.15, 0.2) is 48.5 Å². The first kappa shape index (κ1) is 12.0. The van der Waals surface area contributed by atoms with Crippen LogP contribution in [-0.4, -0.2) is 22.2 Å². The molecule has 0 unspecified atom stereocenters. The fourth-order valence-corrected chi connectivity index (χ4v) is 2.96. The molecule has 2 heterocycles. The number of nitrogens with zero attached hydrogens (tertiary/aromatic N) is 4. The highest BCUT2D eigenvalue weighted by Gasteiger charge is 2.24. The fraction of sp³-hybridized carbons (Fsp3) is 0.125. The molecule has 104 valence electrons. The van der Waals surface area contributed by atoms with Crippen LogP contribution in [0.2, 0.25) is 0 Å².